The number of fused-ring (bicyclic) bond motifs is 3. The van der Waals surface area contributed by atoms with E-state index in [0.717, 1.165) is 76.3 Å². The Hall–Kier alpha value is -7.30. The number of aromatic nitrogens is 3. The van der Waals surface area contributed by atoms with Crippen molar-refractivity contribution < 1.29 is 42.1 Å². The van der Waals surface area contributed by atoms with Crippen molar-refractivity contribution in [1.29, 1.82) is 0 Å². The van der Waals surface area contributed by atoms with E-state index in [4.69, 9.17) is 44.0 Å². The van der Waals surface area contributed by atoms with Crippen LogP contribution in [0.4, 0.5) is 41.6 Å². The number of carboxylic acids is 1. The Kier molecular flexibility index (Phi) is 21.1. The number of esters is 2. The van der Waals surface area contributed by atoms with Gasteiger partial charge in [-0.25, -0.2) is 27.6 Å². The second-order valence-corrected chi connectivity index (χ2v) is 25.5. The summed E-state index contributed by atoms with van der Waals surface area (Å²) < 4.78 is 60.7. The van der Waals surface area contributed by atoms with Gasteiger partial charge in [0, 0.05) is 68.9 Å². The third kappa shape index (κ3) is 12.9. The Bertz CT molecular complexity index is 3970. The maximum Gasteiger partial charge on any atom is 0.343 e. The number of carbonyl (C=O) groups excluding carboxylic acids is 2. The van der Waals surface area contributed by atoms with Gasteiger partial charge in [-0.15, -0.1) is 0 Å². The Morgan fingerprint density at radius 1 is 0.567 bits per heavy atom. The molecule has 3 aliphatic carbocycles. The number of nitrogens with one attached hydrogen (secondary N) is 1. The van der Waals surface area contributed by atoms with E-state index in [9.17, 15) is 38.3 Å². The van der Waals surface area contributed by atoms with Crippen LogP contribution >= 0.6 is 11.6 Å². The molecule has 3 aliphatic heterocycles. The topological polar surface area (TPSA) is 278 Å². The maximum absolute atomic E-state index is 15.6. The molecular formula is C67H90ClF3N10O9. The van der Waals surface area contributed by atoms with Crippen LogP contribution in [0.5, 0.6) is 0 Å². The zero-order valence-corrected chi connectivity index (χ0v) is 53.5. The number of ether oxygens (including phenoxy) is 2. The molecule has 0 bridgehead atoms. The first-order chi connectivity index (χ1) is 42.3. The number of anilines is 5. The zero-order valence-electron chi connectivity index (χ0n) is 52.7. The van der Waals surface area contributed by atoms with Gasteiger partial charge in [0.1, 0.15) is 16.7 Å². The van der Waals surface area contributed by atoms with Crippen LogP contribution in [0.2, 0.25) is 5.02 Å². The number of aromatic carboxylic acids is 1. The van der Waals surface area contributed by atoms with Crippen LogP contribution in [0.25, 0.3) is 32.7 Å². The van der Waals surface area contributed by atoms with Crippen LogP contribution < -0.4 is 54.3 Å². The number of hydrogen-bond donors (Lipinski definition) is 6. The number of carbonyl (C=O) groups is 3. The summed E-state index contributed by atoms with van der Waals surface area (Å²) in [4.78, 5) is 78.6. The lowest BCUT2D eigenvalue weighted by Gasteiger charge is -2.25. The van der Waals surface area contributed by atoms with E-state index in [1.807, 2.05) is 16.4 Å². The Balaban J connectivity index is 0.000000164. The number of nitrogens with zero attached hydrogens (tertiary/aromatic N) is 5. The predicted molar refractivity (Wildman–Crippen MR) is 352 cm³/mol. The number of pyridine rings is 3. The molecule has 0 unspecified atom stereocenters. The number of benzene rings is 3. The quantitative estimate of drug-likeness (QED) is 0.0463. The van der Waals surface area contributed by atoms with E-state index in [2.05, 4.69) is 44.8 Å². The lowest BCUT2D eigenvalue weighted by atomic mass is 9.96. The summed E-state index contributed by atoms with van der Waals surface area (Å²) in [5.41, 5.74) is 25.2. The van der Waals surface area contributed by atoms with Crippen molar-refractivity contribution in [3.63, 3.8) is 0 Å². The minimum atomic E-state index is -1.33. The smallest absolute Gasteiger partial charge is 0.343 e. The average molecular weight is 1270 g/mol. The summed E-state index contributed by atoms with van der Waals surface area (Å²) in [7, 11) is 0. The molecule has 23 heteroatoms. The van der Waals surface area contributed by atoms with Gasteiger partial charge in [0.05, 0.1) is 79.4 Å². The molecule has 19 nitrogen and oxygen atoms in total. The van der Waals surface area contributed by atoms with Crippen LogP contribution in [-0.4, -0.2) is 95.2 Å². The molecular weight excluding hydrogens is 1180 g/mol. The van der Waals surface area contributed by atoms with Crippen LogP contribution in [0.3, 0.4) is 0 Å². The fraction of sp³-hybridized carbons (Fsp3) is 0.552. The molecule has 490 valence electrons. The third-order valence-corrected chi connectivity index (χ3v) is 19.6. The molecule has 90 heavy (non-hydrogen) atoms. The van der Waals surface area contributed by atoms with E-state index in [1.165, 1.54) is 31.9 Å². The highest BCUT2D eigenvalue weighted by molar-refractivity contribution is 6.33. The second-order valence-electron chi connectivity index (χ2n) is 25.1. The van der Waals surface area contributed by atoms with Gasteiger partial charge in [0.25, 0.3) is 0 Å². The molecule has 6 atom stereocenters. The molecule has 3 aromatic carbocycles. The van der Waals surface area contributed by atoms with Gasteiger partial charge in [-0.1, -0.05) is 72.9 Å². The van der Waals surface area contributed by atoms with Crippen molar-refractivity contribution in [3.05, 3.63) is 105 Å². The van der Waals surface area contributed by atoms with Crippen LogP contribution in [0.1, 0.15) is 180 Å². The summed E-state index contributed by atoms with van der Waals surface area (Å²) in [5.74, 6) is -1.75. The lowest BCUT2D eigenvalue weighted by molar-refractivity contribution is 0.0514. The van der Waals surface area contributed by atoms with Gasteiger partial charge in [0.2, 0.25) is 16.3 Å². The normalized spacial score (nSPS) is 21.1. The number of rotatable bonds is 13. The number of nitrogens with two attached hydrogens (primary N) is 4. The van der Waals surface area contributed by atoms with Crippen LogP contribution in [-0.2, 0) is 9.47 Å². The molecule has 10 N–H and O–H groups in total. The lowest BCUT2D eigenvalue weighted by Crippen LogP contribution is -2.30. The summed E-state index contributed by atoms with van der Waals surface area (Å²) in [6, 6.07) is 0.368. The van der Waals surface area contributed by atoms with E-state index in [-0.39, 0.29) is 106 Å². The highest BCUT2D eigenvalue weighted by Crippen LogP contribution is 2.46. The van der Waals surface area contributed by atoms with Crippen LogP contribution in [0, 0.1) is 67.8 Å². The first kappa shape index (κ1) is 68.6. The minimum absolute atomic E-state index is 0. The SMILES string of the molecule is C.CCOC(=O)c1cn(C2CC2)c2c(C)c(Cl)c(F)c(N)c2c1=O.CCOC(=O)c1cn(C2CC2)c2c(C)c(N3C[C@H](CC)[C@@H](C)C3)c(F)c(N)c2c1=O.CC[C@H]1CN(c2c(F)c(N)c3c(=O)c(C(=O)O)cn(C4CC4)c3c2C)C[C@@H]1N.CC[C@H]1CNC[C@@H]1C. The molecule has 0 amide bonds. The highest BCUT2D eigenvalue weighted by atomic mass is 35.5. The van der Waals surface area contributed by atoms with E-state index in [0.29, 0.717) is 69.5 Å². The standard InChI is InChI=1S/C23H30FN3O3.C20H25FN4O3.C16H16ClFN2O3.C7H15N.CH4/c1-5-14-10-26(9-12(14)3)21-13(4)20-17(19(25)18(21)24)22(28)16(23(29)30-6-2)11-27(20)15-7-8-15;1-3-10-6-24(8-13(10)22)18-9(2)17-14(16(23)15(18)21)19(26)12(20(27)28)7-25(17)11-4-5-11;1-3-23-16(22)9-6-20(8-4-5-8)14-7(2)11(17)12(18)13(19)10(14)15(9)21;1-3-7-5-8-4-6(7)2;/h11-12,14-15H,5-10,25H2,1-4H3;7,10-11,13H,3-6,8,22-23H2,1-2H3,(H,27,28);6,8H,3-5,19H2,1-2H3;6-8H,3-5H2,1-2H3;1H4/t12-,14-;10-,13-;;6-,7-;/m00.0./s1. The van der Waals surface area contributed by atoms with Crippen LogP contribution in [0.15, 0.2) is 33.0 Å². The fourth-order valence-corrected chi connectivity index (χ4v) is 13.7. The predicted octanol–water partition coefficient (Wildman–Crippen LogP) is 11.3. The molecule has 3 saturated carbocycles. The maximum atomic E-state index is 15.6. The van der Waals surface area contributed by atoms with Gasteiger partial charge in [0.15, 0.2) is 17.5 Å². The largest absolute Gasteiger partial charge is 0.477 e. The zero-order chi connectivity index (χ0) is 64.9. The summed E-state index contributed by atoms with van der Waals surface area (Å²) in [6.45, 7) is 25.1. The minimum Gasteiger partial charge on any atom is -0.477 e. The molecule has 12 rings (SSSR count). The summed E-state index contributed by atoms with van der Waals surface area (Å²) >= 11 is 6.00. The van der Waals surface area contributed by atoms with Crippen molar-refractivity contribution in [2.75, 3.05) is 79.5 Å². The molecule has 6 fully saturated rings. The third-order valence-electron chi connectivity index (χ3n) is 19.1. The van der Waals surface area contributed by atoms with Gasteiger partial charge < -0.3 is 66.3 Å². The first-order valence-electron chi connectivity index (χ1n) is 31.5. The van der Waals surface area contributed by atoms with Crippen molar-refractivity contribution in [2.45, 2.75) is 159 Å². The van der Waals surface area contributed by atoms with Gasteiger partial charge in [-0.3, -0.25) is 14.4 Å². The second kappa shape index (κ2) is 27.7. The molecule has 6 aromatic rings. The number of carboxylic acid groups (broad SMARTS) is 1. The van der Waals surface area contributed by atoms with E-state index >= 15 is 8.78 Å². The first-order valence-corrected chi connectivity index (χ1v) is 31.8. The van der Waals surface area contributed by atoms with Crippen molar-refractivity contribution in [3.8, 4) is 0 Å². The Morgan fingerprint density at radius 2 is 0.944 bits per heavy atom. The fourth-order valence-electron chi connectivity index (χ4n) is 13.5. The van der Waals surface area contributed by atoms with Crippen molar-refractivity contribution in [1.82, 2.24) is 19.0 Å². The molecule has 3 saturated heterocycles. The molecule has 3 aromatic heterocycles. The van der Waals surface area contributed by atoms with Crippen molar-refractivity contribution >= 4 is 90.7 Å². The summed E-state index contributed by atoms with van der Waals surface area (Å²) in [6.07, 6.45) is 13.2. The molecule has 0 radical (unpaired) electrons. The van der Waals surface area contributed by atoms with Gasteiger partial charge in [-0.05, 0) is 133 Å². The Labute approximate surface area is 528 Å². The molecule has 0 spiro atoms. The average Bonchev–Trinajstić information content (AvgIpc) is 1.43. The number of nitrogen functional groups attached to an aromatic ring is 3. The highest BCUT2D eigenvalue weighted by Gasteiger charge is 2.38. The monoisotopic (exact) mass is 1270 g/mol. The number of hydrogen-bond acceptors (Lipinski definition) is 15. The number of halogens is 4. The van der Waals surface area contributed by atoms with Gasteiger partial charge in [-0.2, -0.15) is 0 Å². The Morgan fingerprint density at radius 3 is 1.29 bits per heavy atom. The molecule has 6 aliphatic rings. The summed E-state index contributed by atoms with van der Waals surface area (Å²) in [5, 5.41) is 12.7. The van der Waals surface area contributed by atoms with Crippen molar-refractivity contribution in [2.24, 2.45) is 35.3 Å². The number of aryl methyl sites for hydroxylation is 3. The van der Waals surface area contributed by atoms with Gasteiger partial charge >= 0.3 is 17.9 Å². The van der Waals surface area contributed by atoms with E-state index in [1.54, 1.807) is 43.0 Å². The van der Waals surface area contributed by atoms with E-state index < -0.39 is 51.6 Å². The molecule has 6 heterocycles.